The lowest BCUT2D eigenvalue weighted by Crippen LogP contribution is -2.36. The fourth-order valence-corrected chi connectivity index (χ4v) is 3.31. The van der Waals surface area contributed by atoms with Crippen LogP contribution in [0.15, 0.2) is 12.4 Å². The van der Waals surface area contributed by atoms with Gasteiger partial charge in [0.25, 0.3) is 0 Å². The highest BCUT2D eigenvalue weighted by Gasteiger charge is 2.24. The van der Waals surface area contributed by atoms with Crippen molar-refractivity contribution in [1.29, 1.82) is 0 Å². The second-order valence-corrected chi connectivity index (χ2v) is 6.72. The van der Waals surface area contributed by atoms with Crippen LogP contribution < -0.4 is 10.2 Å². The summed E-state index contributed by atoms with van der Waals surface area (Å²) in [7, 11) is 2.18. The first-order valence-corrected chi connectivity index (χ1v) is 8.53. The Morgan fingerprint density at radius 1 is 1.14 bits per heavy atom. The maximum atomic E-state index is 4.79. The molecule has 0 aliphatic heterocycles. The van der Waals surface area contributed by atoms with Crippen LogP contribution >= 0.6 is 0 Å². The molecular formula is C17H28N4. The van der Waals surface area contributed by atoms with Crippen molar-refractivity contribution in [2.75, 3.05) is 11.9 Å². The third-order valence-electron chi connectivity index (χ3n) is 5.12. The van der Waals surface area contributed by atoms with Crippen LogP contribution in [-0.4, -0.2) is 29.1 Å². The minimum atomic E-state index is 0.633. The van der Waals surface area contributed by atoms with E-state index in [0.717, 1.165) is 30.0 Å². The summed E-state index contributed by atoms with van der Waals surface area (Å²) in [5, 5.41) is 3.51. The monoisotopic (exact) mass is 288 g/mol. The van der Waals surface area contributed by atoms with E-state index in [1.165, 1.54) is 44.9 Å². The number of hydrogen-bond acceptors (Lipinski definition) is 4. The number of rotatable bonds is 6. The third-order valence-corrected chi connectivity index (χ3v) is 5.12. The lowest BCUT2D eigenvalue weighted by molar-refractivity contribution is 0.312. The standard InChI is InChI=1S/C17H28N4/c1-3-13-4-8-16(9-5-13)21(2)17-12-18-10-15(20-17)11-19-14-6-7-14/h10,12-14,16,19H,3-9,11H2,1-2H3. The van der Waals surface area contributed by atoms with Gasteiger partial charge in [0.15, 0.2) is 0 Å². The van der Waals surface area contributed by atoms with Crippen molar-refractivity contribution in [1.82, 2.24) is 15.3 Å². The first-order chi connectivity index (χ1) is 10.3. The molecule has 1 N–H and O–H groups in total. The van der Waals surface area contributed by atoms with E-state index in [1.807, 2.05) is 12.4 Å². The maximum absolute atomic E-state index is 4.79. The molecule has 0 radical (unpaired) electrons. The molecule has 0 unspecified atom stereocenters. The molecule has 0 aromatic carbocycles. The number of aromatic nitrogens is 2. The minimum Gasteiger partial charge on any atom is -0.355 e. The van der Waals surface area contributed by atoms with Gasteiger partial charge in [0, 0.05) is 31.9 Å². The molecule has 4 nitrogen and oxygen atoms in total. The Balaban J connectivity index is 1.58. The average Bonchev–Trinajstić information content (AvgIpc) is 3.37. The van der Waals surface area contributed by atoms with Gasteiger partial charge in [-0.3, -0.25) is 4.98 Å². The zero-order chi connectivity index (χ0) is 14.7. The van der Waals surface area contributed by atoms with Gasteiger partial charge in [0.2, 0.25) is 0 Å². The van der Waals surface area contributed by atoms with Crippen LogP contribution in [-0.2, 0) is 6.54 Å². The van der Waals surface area contributed by atoms with Crippen molar-refractivity contribution in [3.8, 4) is 0 Å². The first kappa shape index (κ1) is 14.8. The number of anilines is 1. The van der Waals surface area contributed by atoms with E-state index >= 15 is 0 Å². The van der Waals surface area contributed by atoms with Gasteiger partial charge in [0.1, 0.15) is 5.82 Å². The quantitative estimate of drug-likeness (QED) is 0.873. The Morgan fingerprint density at radius 3 is 2.57 bits per heavy atom. The second kappa shape index (κ2) is 6.73. The molecule has 0 bridgehead atoms. The lowest BCUT2D eigenvalue weighted by Gasteiger charge is -2.35. The molecule has 1 heterocycles. The molecule has 1 aromatic heterocycles. The molecular weight excluding hydrogens is 260 g/mol. The zero-order valence-electron chi connectivity index (χ0n) is 13.4. The fraction of sp³-hybridized carbons (Fsp3) is 0.765. The molecule has 21 heavy (non-hydrogen) atoms. The maximum Gasteiger partial charge on any atom is 0.147 e. The van der Waals surface area contributed by atoms with Crippen LogP contribution in [0, 0.1) is 5.92 Å². The highest BCUT2D eigenvalue weighted by molar-refractivity contribution is 5.36. The van der Waals surface area contributed by atoms with E-state index in [0.29, 0.717) is 6.04 Å². The summed E-state index contributed by atoms with van der Waals surface area (Å²) >= 11 is 0. The highest BCUT2D eigenvalue weighted by Crippen LogP contribution is 2.30. The highest BCUT2D eigenvalue weighted by atomic mass is 15.2. The van der Waals surface area contributed by atoms with Crippen molar-refractivity contribution in [3.05, 3.63) is 18.1 Å². The minimum absolute atomic E-state index is 0.633. The van der Waals surface area contributed by atoms with E-state index in [9.17, 15) is 0 Å². The normalized spacial score (nSPS) is 25.8. The summed E-state index contributed by atoms with van der Waals surface area (Å²) in [6.07, 6.45) is 13.1. The Morgan fingerprint density at radius 2 is 1.90 bits per heavy atom. The molecule has 2 saturated carbocycles. The van der Waals surface area contributed by atoms with Crippen molar-refractivity contribution >= 4 is 5.82 Å². The van der Waals surface area contributed by atoms with Gasteiger partial charge >= 0.3 is 0 Å². The summed E-state index contributed by atoms with van der Waals surface area (Å²) in [5.74, 6) is 1.97. The van der Waals surface area contributed by atoms with Gasteiger partial charge in [-0.2, -0.15) is 0 Å². The fourth-order valence-electron chi connectivity index (χ4n) is 3.31. The van der Waals surface area contributed by atoms with Gasteiger partial charge in [-0.1, -0.05) is 13.3 Å². The molecule has 0 atom stereocenters. The average molecular weight is 288 g/mol. The molecule has 2 fully saturated rings. The van der Waals surface area contributed by atoms with Gasteiger partial charge in [-0.15, -0.1) is 0 Å². The predicted molar refractivity (Wildman–Crippen MR) is 86.3 cm³/mol. The van der Waals surface area contributed by atoms with Crippen molar-refractivity contribution in [3.63, 3.8) is 0 Å². The largest absolute Gasteiger partial charge is 0.355 e. The molecule has 2 aliphatic rings. The van der Waals surface area contributed by atoms with E-state index in [4.69, 9.17) is 4.98 Å². The SMILES string of the molecule is CCC1CCC(N(C)c2cncc(CNC3CC3)n2)CC1. The Kier molecular flexibility index (Phi) is 4.73. The second-order valence-electron chi connectivity index (χ2n) is 6.72. The molecule has 0 saturated heterocycles. The predicted octanol–water partition coefficient (Wildman–Crippen LogP) is 3.13. The van der Waals surface area contributed by atoms with Gasteiger partial charge in [0.05, 0.1) is 11.9 Å². The van der Waals surface area contributed by atoms with Crippen molar-refractivity contribution in [2.24, 2.45) is 5.92 Å². The summed E-state index contributed by atoms with van der Waals surface area (Å²) in [6, 6.07) is 1.35. The number of hydrogen-bond donors (Lipinski definition) is 1. The summed E-state index contributed by atoms with van der Waals surface area (Å²) < 4.78 is 0. The molecule has 2 aliphatic carbocycles. The molecule has 0 amide bonds. The smallest absolute Gasteiger partial charge is 0.147 e. The summed E-state index contributed by atoms with van der Waals surface area (Å²) in [5.41, 5.74) is 1.06. The van der Waals surface area contributed by atoms with E-state index in [-0.39, 0.29) is 0 Å². The Labute approximate surface area is 128 Å². The molecule has 1 aromatic rings. The number of nitrogens with zero attached hydrogens (tertiary/aromatic N) is 3. The first-order valence-electron chi connectivity index (χ1n) is 8.53. The van der Waals surface area contributed by atoms with Crippen molar-refractivity contribution in [2.45, 2.75) is 70.5 Å². The molecule has 4 heteroatoms. The van der Waals surface area contributed by atoms with Gasteiger partial charge in [-0.05, 0) is 44.4 Å². The van der Waals surface area contributed by atoms with E-state index < -0.39 is 0 Å². The van der Waals surface area contributed by atoms with Gasteiger partial charge in [-0.25, -0.2) is 4.98 Å². The van der Waals surface area contributed by atoms with Gasteiger partial charge < -0.3 is 10.2 Å². The summed E-state index contributed by atoms with van der Waals surface area (Å²) in [4.78, 5) is 11.5. The van der Waals surface area contributed by atoms with Crippen LogP contribution in [0.4, 0.5) is 5.82 Å². The number of nitrogens with one attached hydrogen (secondary N) is 1. The van der Waals surface area contributed by atoms with Crippen LogP contribution in [0.3, 0.4) is 0 Å². The van der Waals surface area contributed by atoms with Crippen LogP contribution in [0.25, 0.3) is 0 Å². The molecule has 116 valence electrons. The van der Waals surface area contributed by atoms with Crippen LogP contribution in [0.2, 0.25) is 0 Å². The zero-order valence-corrected chi connectivity index (χ0v) is 13.4. The third kappa shape index (κ3) is 3.94. The summed E-state index contributed by atoms with van der Waals surface area (Å²) in [6.45, 7) is 3.17. The van der Waals surface area contributed by atoms with E-state index in [1.54, 1.807) is 0 Å². The topological polar surface area (TPSA) is 41.1 Å². The molecule has 0 spiro atoms. The molecule has 3 rings (SSSR count). The Hall–Kier alpha value is -1.16. The van der Waals surface area contributed by atoms with Crippen LogP contribution in [0.5, 0.6) is 0 Å². The van der Waals surface area contributed by atoms with Crippen molar-refractivity contribution < 1.29 is 0 Å². The van der Waals surface area contributed by atoms with E-state index in [2.05, 4.69) is 29.2 Å². The lowest BCUT2D eigenvalue weighted by atomic mass is 9.84. The Bertz CT molecular complexity index is 450. The van der Waals surface area contributed by atoms with Crippen LogP contribution in [0.1, 0.15) is 57.6 Å².